The number of rotatable bonds is 3. The summed E-state index contributed by atoms with van der Waals surface area (Å²) >= 11 is 0. The molecule has 0 unspecified atom stereocenters. The summed E-state index contributed by atoms with van der Waals surface area (Å²) in [5.74, 6) is 1.44. The third-order valence-electron chi connectivity index (χ3n) is 7.48. The lowest BCUT2D eigenvalue weighted by atomic mass is 9.86. The van der Waals surface area contributed by atoms with Gasteiger partial charge >= 0.3 is 0 Å². The molecule has 0 saturated carbocycles. The van der Waals surface area contributed by atoms with Crippen molar-refractivity contribution in [1.82, 2.24) is 19.6 Å². The maximum atomic E-state index is 13.0. The number of likely N-dealkylation sites (N-methyl/N-ethyl adjacent to an activating group) is 1. The summed E-state index contributed by atoms with van der Waals surface area (Å²) in [7, 11) is 1.97. The SMILES string of the molecule is CCn1nc(C)c(CN2CC[C@@H]3[C@@H](CCCCc4ccccc4OCC(=O)N3C)C2)c1C. The van der Waals surface area contributed by atoms with Gasteiger partial charge in [-0.15, -0.1) is 0 Å². The number of benzene rings is 1. The van der Waals surface area contributed by atoms with Gasteiger partial charge in [-0.3, -0.25) is 14.4 Å². The number of carbonyl (C=O) groups excluding carboxylic acids is 1. The third kappa shape index (κ3) is 4.85. The molecule has 174 valence electrons. The van der Waals surface area contributed by atoms with E-state index >= 15 is 0 Å². The predicted molar refractivity (Wildman–Crippen MR) is 127 cm³/mol. The molecule has 6 heteroatoms. The molecule has 0 aliphatic carbocycles. The highest BCUT2D eigenvalue weighted by molar-refractivity contribution is 5.78. The van der Waals surface area contributed by atoms with Crippen LogP contribution in [0.3, 0.4) is 0 Å². The minimum absolute atomic E-state index is 0.0831. The lowest BCUT2D eigenvalue weighted by Gasteiger charge is -2.43. The summed E-state index contributed by atoms with van der Waals surface area (Å²) in [6.45, 7) is 10.5. The van der Waals surface area contributed by atoms with Crippen LogP contribution in [0, 0.1) is 19.8 Å². The fourth-order valence-electron chi connectivity index (χ4n) is 5.53. The van der Waals surface area contributed by atoms with E-state index in [9.17, 15) is 4.79 Å². The van der Waals surface area contributed by atoms with E-state index in [2.05, 4.69) is 42.5 Å². The van der Waals surface area contributed by atoms with Crippen LogP contribution in [0.5, 0.6) is 5.75 Å². The van der Waals surface area contributed by atoms with Crippen LogP contribution >= 0.6 is 0 Å². The van der Waals surface area contributed by atoms with Crippen LogP contribution in [0.4, 0.5) is 0 Å². The lowest BCUT2D eigenvalue weighted by molar-refractivity contribution is -0.136. The fourth-order valence-corrected chi connectivity index (χ4v) is 5.53. The first-order valence-corrected chi connectivity index (χ1v) is 12.2. The molecule has 1 aromatic heterocycles. The third-order valence-corrected chi connectivity index (χ3v) is 7.48. The minimum atomic E-state index is 0.0831. The zero-order chi connectivity index (χ0) is 22.7. The quantitative estimate of drug-likeness (QED) is 0.728. The molecule has 2 aliphatic heterocycles. The van der Waals surface area contributed by atoms with E-state index in [-0.39, 0.29) is 18.6 Å². The maximum Gasteiger partial charge on any atom is 0.260 e. The number of hydrogen-bond acceptors (Lipinski definition) is 4. The van der Waals surface area contributed by atoms with Gasteiger partial charge in [0.1, 0.15) is 5.75 Å². The maximum absolute atomic E-state index is 13.0. The van der Waals surface area contributed by atoms with Crippen molar-refractivity contribution in [1.29, 1.82) is 0 Å². The second kappa shape index (κ2) is 10.1. The first kappa shape index (κ1) is 22.8. The summed E-state index contributed by atoms with van der Waals surface area (Å²) in [5.41, 5.74) is 5.01. The van der Waals surface area contributed by atoms with Crippen molar-refractivity contribution in [2.45, 2.75) is 72.0 Å². The Hall–Kier alpha value is -2.34. The Balaban J connectivity index is 1.48. The summed E-state index contributed by atoms with van der Waals surface area (Å²) in [6, 6.07) is 8.44. The standard InChI is InChI=1S/C26H38N4O2/c1-5-30-20(3)23(19(2)27-30)17-29-15-14-24-22(16-29)12-7-6-10-21-11-8-9-13-25(21)32-18-26(31)28(24)4/h8-9,11,13,22,24H,5-7,10,12,14-18H2,1-4H3/t22-,24+/m0/s1. The summed E-state index contributed by atoms with van der Waals surface area (Å²) in [4.78, 5) is 17.5. The number of fused-ring (bicyclic) bond motifs is 2. The van der Waals surface area contributed by atoms with Crippen molar-refractivity contribution < 1.29 is 9.53 Å². The van der Waals surface area contributed by atoms with Crippen LogP contribution in [0.15, 0.2) is 24.3 Å². The van der Waals surface area contributed by atoms with Crippen LogP contribution in [0.2, 0.25) is 0 Å². The van der Waals surface area contributed by atoms with Gasteiger partial charge in [-0.2, -0.15) is 5.10 Å². The van der Waals surface area contributed by atoms with E-state index in [0.29, 0.717) is 5.92 Å². The van der Waals surface area contributed by atoms with E-state index in [1.54, 1.807) is 0 Å². The summed E-state index contributed by atoms with van der Waals surface area (Å²) < 4.78 is 8.06. The molecule has 0 spiro atoms. The highest BCUT2D eigenvalue weighted by Gasteiger charge is 2.34. The van der Waals surface area contributed by atoms with Crippen molar-refractivity contribution in [3.8, 4) is 5.75 Å². The number of aromatic nitrogens is 2. The normalized spacial score (nSPS) is 23.0. The van der Waals surface area contributed by atoms with E-state index in [1.165, 1.54) is 23.2 Å². The first-order chi connectivity index (χ1) is 15.5. The van der Waals surface area contributed by atoms with Gasteiger partial charge in [0.05, 0.1) is 5.69 Å². The molecule has 1 amide bonds. The number of nitrogens with zero attached hydrogens (tertiary/aromatic N) is 4. The van der Waals surface area contributed by atoms with Gasteiger partial charge < -0.3 is 9.64 Å². The molecular formula is C26H38N4O2. The van der Waals surface area contributed by atoms with Gasteiger partial charge in [-0.05, 0) is 64.0 Å². The second-order valence-corrected chi connectivity index (χ2v) is 9.46. The molecule has 1 saturated heterocycles. The van der Waals surface area contributed by atoms with E-state index in [0.717, 1.165) is 63.3 Å². The topological polar surface area (TPSA) is 50.6 Å². The Labute approximate surface area is 192 Å². The molecular weight excluding hydrogens is 400 g/mol. The Morgan fingerprint density at radius 2 is 1.97 bits per heavy atom. The van der Waals surface area contributed by atoms with Crippen LogP contribution in [0.1, 0.15) is 55.1 Å². The van der Waals surface area contributed by atoms with Gasteiger partial charge in [-0.1, -0.05) is 24.6 Å². The zero-order valence-electron chi connectivity index (χ0n) is 20.1. The van der Waals surface area contributed by atoms with Crippen LogP contribution in [-0.2, 0) is 24.3 Å². The molecule has 2 aliphatic rings. The smallest absolute Gasteiger partial charge is 0.260 e. The largest absolute Gasteiger partial charge is 0.483 e. The average Bonchev–Trinajstić information content (AvgIpc) is 3.07. The Kier molecular flexibility index (Phi) is 7.19. The molecule has 0 N–H and O–H groups in total. The number of carbonyl (C=O) groups is 1. The van der Waals surface area contributed by atoms with Crippen LogP contribution in [-0.4, -0.2) is 58.3 Å². The molecule has 2 atom stereocenters. The van der Waals surface area contributed by atoms with Crippen molar-refractivity contribution in [3.05, 3.63) is 46.8 Å². The fraction of sp³-hybridized carbons (Fsp3) is 0.615. The molecule has 4 rings (SSSR count). The number of aryl methyl sites for hydroxylation is 3. The highest BCUT2D eigenvalue weighted by Crippen LogP contribution is 2.30. The molecule has 6 nitrogen and oxygen atoms in total. The molecule has 32 heavy (non-hydrogen) atoms. The van der Waals surface area contributed by atoms with E-state index < -0.39 is 0 Å². The summed E-state index contributed by atoms with van der Waals surface area (Å²) in [6.07, 6.45) is 5.52. The van der Waals surface area contributed by atoms with Gasteiger partial charge in [0.15, 0.2) is 6.61 Å². The van der Waals surface area contributed by atoms with Crippen LogP contribution < -0.4 is 4.74 Å². The summed E-state index contributed by atoms with van der Waals surface area (Å²) in [5, 5.41) is 4.71. The molecule has 1 aromatic carbocycles. The zero-order valence-corrected chi connectivity index (χ0v) is 20.1. The Bertz CT molecular complexity index is 938. The number of amides is 1. The van der Waals surface area contributed by atoms with Gasteiger partial charge in [0.25, 0.3) is 5.91 Å². The Morgan fingerprint density at radius 1 is 1.16 bits per heavy atom. The van der Waals surface area contributed by atoms with Gasteiger partial charge in [0.2, 0.25) is 0 Å². The molecule has 1 fully saturated rings. The molecule has 3 heterocycles. The number of para-hydroxylation sites is 1. The number of likely N-dealkylation sites (tertiary alicyclic amines) is 1. The van der Waals surface area contributed by atoms with Crippen molar-refractivity contribution in [3.63, 3.8) is 0 Å². The molecule has 2 aromatic rings. The van der Waals surface area contributed by atoms with E-state index in [4.69, 9.17) is 9.84 Å². The van der Waals surface area contributed by atoms with Crippen molar-refractivity contribution in [2.24, 2.45) is 5.92 Å². The molecule has 0 radical (unpaired) electrons. The predicted octanol–water partition coefficient (Wildman–Crippen LogP) is 3.97. The highest BCUT2D eigenvalue weighted by atomic mass is 16.5. The van der Waals surface area contributed by atoms with E-state index in [1.807, 2.05) is 24.1 Å². The second-order valence-electron chi connectivity index (χ2n) is 9.46. The van der Waals surface area contributed by atoms with Gasteiger partial charge in [0, 0.05) is 50.5 Å². The van der Waals surface area contributed by atoms with Crippen molar-refractivity contribution >= 4 is 5.91 Å². The number of ether oxygens (including phenoxy) is 1. The first-order valence-electron chi connectivity index (χ1n) is 12.2. The average molecular weight is 439 g/mol. The van der Waals surface area contributed by atoms with Crippen LogP contribution in [0.25, 0.3) is 0 Å². The number of piperidine rings is 1. The molecule has 0 bridgehead atoms. The lowest BCUT2D eigenvalue weighted by Crippen LogP contribution is -2.52. The minimum Gasteiger partial charge on any atom is -0.483 e. The number of hydrogen-bond donors (Lipinski definition) is 0. The van der Waals surface area contributed by atoms with Crippen molar-refractivity contribution in [2.75, 3.05) is 26.7 Å². The monoisotopic (exact) mass is 438 g/mol. The Morgan fingerprint density at radius 3 is 2.75 bits per heavy atom. The van der Waals surface area contributed by atoms with Gasteiger partial charge in [-0.25, -0.2) is 0 Å².